The number of rotatable bonds is 4. The van der Waals surface area contributed by atoms with E-state index in [0.717, 1.165) is 0 Å². The summed E-state index contributed by atoms with van der Waals surface area (Å²) in [5.41, 5.74) is 2.30. The van der Waals surface area contributed by atoms with Gasteiger partial charge in [0.25, 0.3) is 5.91 Å². The second-order valence-corrected chi connectivity index (χ2v) is 5.69. The predicted octanol–water partition coefficient (Wildman–Crippen LogP) is 3.18. The Morgan fingerprint density at radius 2 is 1.96 bits per heavy atom. The average Bonchev–Trinajstić information content (AvgIpc) is 2.89. The highest BCUT2D eigenvalue weighted by molar-refractivity contribution is 6.10. The minimum absolute atomic E-state index is 0.0366. The number of amides is 1. The molecule has 124 valence electrons. The molecule has 1 unspecified atom stereocenters. The molecule has 0 radical (unpaired) electrons. The summed E-state index contributed by atoms with van der Waals surface area (Å²) < 4.78 is 18.7. The number of benzene rings is 2. The van der Waals surface area contributed by atoms with E-state index in [1.165, 1.54) is 24.1 Å². The van der Waals surface area contributed by atoms with Gasteiger partial charge in [-0.05, 0) is 42.3 Å². The van der Waals surface area contributed by atoms with Crippen LogP contribution in [0.3, 0.4) is 0 Å². The fraction of sp³-hybridized carbons (Fsp3) is 0.222. The van der Waals surface area contributed by atoms with Gasteiger partial charge in [0.05, 0.1) is 19.6 Å². The van der Waals surface area contributed by atoms with Crippen LogP contribution in [0.25, 0.3) is 0 Å². The predicted molar refractivity (Wildman–Crippen MR) is 86.0 cm³/mol. The summed E-state index contributed by atoms with van der Waals surface area (Å²) in [5.74, 6) is -2.23. The van der Waals surface area contributed by atoms with Crippen LogP contribution in [0.5, 0.6) is 5.75 Å². The Balaban J connectivity index is 1.89. The van der Waals surface area contributed by atoms with Crippen molar-refractivity contribution in [2.75, 3.05) is 12.0 Å². The van der Waals surface area contributed by atoms with E-state index in [9.17, 15) is 14.0 Å². The van der Waals surface area contributed by atoms with E-state index in [0.29, 0.717) is 22.4 Å². The summed E-state index contributed by atoms with van der Waals surface area (Å²) in [5, 5.41) is 9.04. The zero-order chi connectivity index (χ0) is 17.4. The fourth-order valence-electron chi connectivity index (χ4n) is 2.76. The first kappa shape index (κ1) is 16.0. The molecule has 0 aromatic heterocycles. The van der Waals surface area contributed by atoms with Crippen LogP contribution in [0.4, 0.5) is 10.1 Å². The van der Waals surface area contributed by atoms with Gasteiger partial charge in [0.2, 0.25) is 0 Å². The minimum atomic E-state index is -0.907. The summed E-state index contributed by atoms with van der Waals surface area (Å²) in [6.07, 6.45) is 0. The largest absolute Gasteiger partial charge is 0.494 e. The number of hydrogen-bond donors (Lipinski definition) is 1. The molecule has 2 aromatic rings. The van der Waals surface area contributed by atoms with Crippen LogP contribution in [0.15, 0.2) is 36.4 Å². The molecule has 1 amide bonds. The van der Waals surface area contributed by atoms with Gasteiger partial charge in [0, 0.05) is 11.3 Å². The number of ether oxygens (including phenoxy) is 1. The number of carboxylic acid groups (broad SMARTS) is 1. The SMILES string of the molecule is COc1cc2c(cc1F)CN(c1ccc(C(C)C(=O)O)cc1)C2=O. The van der Waals surface area contributed by atoms with Crippen molar-refractivity contribution in [2.24, 2.45) is 0 Å². The van der Waals surface area contributed by atoms with Crippen molar-refractivity contribution in [3.8, 4) is 5.75 Å². The first-order valence-corrected chi connectivity index (χ1v) is 7.43. The van der Waals surface area contributed by atoms with E-state index in [2.05, 4.69) is 0 Å². The number of hydrogen-bond acceptors (Lipinski definition) is 3. The highest BCUT2D eigenvalue weighted by atomic mass is 19.1. The van der Waals surface area contributed by atoms with Crippen molar-refractivity contribution in [3.05, 3.63) is 58.9 Å². The number of nitrogens with zero attached hydrogens (tertiary/aromatic N) is 1. The third kappa shape index (κ3) is 2.60. The lowest BCUT2D eigenvalue weighted by Gasteiger charge is -2.16. The molecule has 0 saturated heterocycles. The zero-order valence-electron chi connectivity index (χ0n) is 13.2. The number of carbonyl (C=O) groups is 2. The van der Waals surface area contributed by atoms with Crippen molar-refractivity contribution < 1.29 is 23.8 Å². The number of anilines is 1. The molecule has 24 heavy (non-hydrogen) atoms. The molecule has 2 aromatic carbocycles. The minimum Gasteiger partial charge on any atom is -0.494 e. The van der Waals surface area contributed by atoms with Crippen molar-refractivity contribution >= 4 is 17.6 Å². The maximum Gasteiger partial charge on any atom is 0.310 e. The van der Waals surface area contributed by atoms with E-state index in [4.69, 9.17) is 9.84 Å². The van der Waals surface area contributed by atoms with Crippen LogP contribution in [-0.2, 0) is 11.3 Å². The van der Waals surface area contributed by atoms with Crippen molar-refractivity contribution in [1.29, 1.82) is 0 Å². The maximum absolute atomic E-state index is 13.8. The van der Waals surface area contributed by atoms with Crippen molar-refractivity contribution in [1.82, 2.24) is 0 Å². The molecule has 6 heteroatoms. The molecule has 1 aliphatic heterocycles. The molecule has 1 atom stereocenters. The highest BCUT2D eigenvalue weighted by Gasteiger charge is 2.30. The molecular weight excluding hydrogens is 313 g/mol. The number of methoxy groups -OCH3 is 1. The van der Waals surface area contributed by atoms with Gasteiger partial charge in [-0.1, -0.05) is 12.1 Å². The van der Waals surface area contributed by atoms with Crippen LogP contribution >= 0.6 is 0 Å². The molecule has 0 fully saturated rings. The summed E-state index contributed by atoms with van der Waals surface area (Å²) in [6, 6.07) is 9.50. The second-order valence-electron chi connectivity index (χ2n) is 5.69. The highest BCUT2D eigenvalue weighted by Crippen LogP contribution is 2.33. The van der Waals surface area contributed by atoms with E-state index < -0.39 is 17.7 Å². The second kappa shape index (κ2) is 5.96. The summed E-state index contributed by atoms with van der Waals surface area (Å²) in [6.45, 7) is 1.87. The van der Waals surface area contributed by atoms with E-state index >= 15 is 0 Å². The summed E-state index contributed by atoms with van der Waals surface area (Å²) >= 11 is 0. The smallest absolute Gasteiger partial charge is 0.310 e. The third-order valence-electron chi connectivity index (χ3n) is 4.26. The Hall–Kier alpha value is -2.89. The lowest BCUT2D eigenvalue weighted by atomic mass is 10.0. The van der Waals surface area contributed by atoms with Gasteiger partial charge >= 0.3 is 5.97 Å². The van der Waals surface area contributed by atoms with Gasteiger partial charge in [-0.25, -0.2) is 4.39 Å². The molecule has 1 aliphatic rings. The van der Waals surface area contributed by atoms with Crippen LogP contribution < -0.4 is 9.64 Å². The molecule has 1 heterocycles. The van der Waals surface area contributed by atoms with E-state index in [-0.39, 0.29) is 18.2 Å². The first-order valence-electron chi connectivity index (χ1n) is 7.43. The molecule has 5 nitrogen and oxygen atoms in total. The number of fused-ring (bicyclic) bond motifs is 1. The molecule has 1 N–H and O–H groups in total. The fourth-order valence-corrected chi connectivity index (χ4v) is 2.76. The average molecular weight is 329 g/mol. The molecule has 3 rings (SSSR count). The Labute approximate surface area is 138 Å². The van der Waals surface area contributed by atoms with Gasteiger partial charge in [-0.15, -0.1) is 0 Å². The third-order valence-corrected chi connectivity index (χ3v) is 4.26. The lowest BCUT2D eigenvalue weighted by Crippen LogP contribution is -2.23. The Morgan fingerprint density at radius 1 is 1.29 bits per heavy atom. The standard InChI is InChI=1S/C18H16FNO4/c1-10(18(22)23)11-3-5-13(6-4-11)20-9-12-7-15(19)16(24-2)8-14(12)17(20)21/h3-8,10H,9H2,1-2H3,(H,22,23). The van der Waals surface area contributed by atoms with Crippen molar-refractivity contribution in [2.45, 2.75) is 19.4 Å². The van der Waals surface area contributed by atoms with Gasteiger partial charge in [0.15, 0.2) is 11.6 Å². The molecule has 0 spiro atoms. The molecule has 0 bridgehead atoms. The first-order chi connectivity index (χ1) is 11.4. The number of carboxylic acids is 1. The van der Waals surface area contributed by atoms with Crippen LogP contribution in [0, 0.1) is 5.82 Å². The lowest BCUT2D eigenvalue weighted by molar-refractivity contribution is -0.138. The Kier molecular flexibility index (Phi) is 3.97. The van der Waals surface area contributed by atoms with Crippen molar-refractivity contribution in [3.63, 3.8) is 0 Å². The van der Waals surface area contributed by atoms with E-state index in [1.807, 2.05) is 0 Å². The maximum atomic E-state index is 13.8. The molecular formula is C18H16FNO4. The number of halogens is 1. The molecule has 0 saturated carbocycles. The number of aliphatic carboxylic acids is 1. The number of carbonyl (C=O) groups excluding carboxylic acids is 1. The molecule has 0 aliphatic carbocycles. The van der Waals surface area contributed by atoms with Crippen LogP contribution in [0.1, 0.15) is 34.3 Å². The Morgan fingerprint density at radius 3 is 2.54 bits per heavy atom. The topological polar surface area (TPSA) is 66.8 Å². The monoisotopic (exact) mass is 329 g/mol. The van der Waals surface area contributed by atoms with Gasteiger partial charge in [-0.2, -0.15) is 0 Å². The van der Waals surface area contributed by atoms with Crippen LogP contribution in [-0.4, -0.2) is 24.1 Å². The van der Waals surface area contributed by atoms with Gasteiger partial charge < -0.3 is 14.7 Å². The van der Waals surface area contributed by atoms with Gasteiger partial charge in [-0.3, -0.25) is 9.59 Å². The van der Waals surface area contributed by atoms with Crippen LogP contribution in [0.2, 0.25) is 0 Å². The van der Waals surface area contributed by atoms with Gasteiger partial charge in [0.1, 0.15) is 0 Å². The summed E-state index contributed by atoms with van der Waals surface area (Å²) in [4.78, 5) is 25.1. The zero-order valence-corrected chi connectivity index (χ0v) is 13.2. The normalized spacial score (nSPS) is 14.5. The van der Waals surface area contributed by atoms with E-state index in [1.54, 1.807) is 31.2 Å². The quantitative estimate of drug-likeness (QED) is 0.935. The Bertz CT molecular complexity index is 817. The summed E-state index contributed by atoms with van der Waals surface area (Å²) in [7, 11) is 1.35.